The number of carbonyl (C=O) groups is 1. The van der Waals surface area contributed by atoms with E-state index in [4.69, 9.17) is 11.6 Å². The van der Waals surface area contributed by atoms with Gasteiger partial charge in [-0.2, -0.15) is 5.10 Å². The molecule has 0 saturated carbocycles. The van der Waals surface area contributed by atoms with E-state index in [1.807, 2.05) is 19.1 Å². The van der Waals surface area contributed by atoms with Crippen molar-refractivity contribution in [2.75, 3.05) is 17.2 Å². The van der Waals surface area contributed by atoms with Gasteiger partial charge in [0.05, 0.1) is 11.3 Å². The molecule has 1 aromatic carbocycles. The first-order chi connectivity index (χ1) is 10.0. The van der Waals surface area contributed by atoms with E-state index in [0.717, 1.165) is 24.3 Å². The molecule has 112 valence electrons. The molecule has 5 nitrogen and oxygen atoms in total. The summed E-state index contributed by atoms with van der Waals surface area (Å²) in [6.45, 7) is 4.75. The van der Waals surface area contributed by atoms with Crippen LogP contribution in [-0.2, 0) is 7.05 Å². The number of aryl methyl sites for hydroxylation is 2. The second-order valence-corrected chi connectivity index (χ2v) is 5.30. The van der Waals surface area contributed by atoms with Crippen LogP contribution >= 0.6 is 11.6 Å². The van der Waals surface area contributed by atoms with E-state index in [2.05, 4.69) is 22.7 Å². The van der Waals surface area contributed by atoms with Gasteiger partial charge in [-0.15, -0.1) is 0 Å². The van der Waals surface area contributed by atoms with E-state index in [-0.39, 0.29) is 5.91 Å². The number of aromatic nitrogens is 2. The molecule has 0 atom stereocenters. The molecule has 1 heterocycles. The number of anilines is 2. The maximum atomic E-state index is 12.5. The Morgan fingerprint density at radius 3 is 2.76 bits per heavy atom. The molecule has 1 aromatic heterocycles. The molecule has 0 saturated heterocycles. The Bertz CT molecular complexity index is 651. The summed E-state index contributed by atoms with van der Waals surface area (Å²) in [5.41, 5.74) is 2.15. The summed E-state index contributed by atoms with van der Waals surface area (Å²) in [4.78, 5) is 12.5. The van der Waals surface area contributed by atoms with E-state index in [9.17, 15) is 4.79 Å². The summed E-state index contributed by atoms with van der Waals surface area (Å²) in [5.74, 6) is 0.443. The van der Waals surface area contributed by atoms with Crippen LogP contribution in [0.5, 0.6) is 0 Å². The Morgan fingerprint density at radius 2 is 2.14 bits per heavy atom. The Labute approximate surface area is 129 Å². The van der Waals surface area contributed by atoms with Crippen molar-refractivity contribution < 1.29 is 4.79 Å². The van der Waals surface area contributed by atoms with Crippen LogP contribution in [0.2, 0.25) is 5.02 Å². The number of nitrogens with zero attached hydrogens (tertiary/aromatic N) is 2. The fourth-order valence-electron chi connectivity index (χ4n) is 2.03. The average Bonchev–Trinajstić information content (AvgIpc) is 2.75. The Hall–Kier alpha value is -2.01. The molecule has 2 rings (SSSR count). The number of halogens is 1. The highest BCUT2D eigenvalue weighted by molar-refractivity contribution is 6.31. The van der Waals surface area contributed by atoms with Gasteiger partial charge in [-0.3, -0.25) is 9.48 Å². The van der Waals surface area contributed by atoms with E-state index in [1.54, 1.807) is 23.9 Å². The van der Waals surface area contributed by atoms with Crippen LogP contribution in [0.1, 0.15) is 29.4 Å². The lowest BCUT2D eigenvalue weighted by molar-refractivity contribution is 0.102. The third-order valence-electron chi connectivity index (χ3n) is 3.04. The quantitative estimate of drug-likeness (QED) is 0.889. The number of amides is 1. The van der Waals surface area contributed by atoms with Crippen molar-refractivity contribution in [3.63, 3.8) is 0 Å². The zero-order chi connectivity index (χ0) is 15.4. The van der Waals surface area contributed by atoms with E-state index in [1.165, 1.54) is 0 Å². The lowest BCUT2D eigenvalue weighted by Crippen LogP contribution is -2.17. The van der Waals surface area contributed by atoms with Gasteiger partial charge in [-0.1, -0.05) is 18.5 Å². The fraction of sp³-hybridized carbons (Fsp3) is 0.333. The van der Waals surface area contributed by atoms with Gasteiger partial charge in [-0.05, 0) is 31.5 Å². The highest BCUT2D eigenvalue weighted by Gasteiger charge is 2.14. The topological polar surface area (TPSA) is 59.0 Å². The number of rotatable bonds is 5. The molecule has 2 aromatic rings. The third-order valence-corrected chi connectivity index (χ3v) is 3.27. The highest BCUT2D eigenvalue weighted by atomic mass is 35.5. The van der Waals surface area contributed by atoms with Crippen molar-refractivity contribution >= 4 is 29.0 Å². The molecule has 1 amide bonds. The van der Waals surface area contributed by atoms with Gasteiger partial charge >= 0.3 is 0 Å². The van der Waals surface area contributed by atoms with Gasteiger partial charge in [-0.25, -0.2) is 0 Å². The van der Waals surface area contributed by atoms with Gasteiger partial charge < -0.3 is 10.6 Å². The first-order valence-electron chi connectivity index (χ1n) is 6.86. The molecule has 21 heavy (non-hydrogen) atoms. The van der Waals surface area contributed by atoms with Crippen molar-refractivity contribution in [2.45, 2.75) is 20.3 Å². The van der Waals surface area contributed by atoms with E-state index >= 15 is 0 Å². The summed E-state index contributed by atoms with van der Waals surface area (Å²) in [6, 6.07) is 7.08. The van der Waals surface area contributed by atoms with Crippen molar-refractivity contribution in [1.82, 2.24) is 9.78 Å². The van der Waals surface area contributed by atoms with Crippen LogP contribution < -0.4 is 10.6 Å². The van der Waals surface area contributed by atoms with Crippen LogP contribution in [-0.4, -0.2) is 22.2 Å². The summed E-state index contributed by atoms with van der Waals surface area (Å²) in [5, 5.41) is 10.8. The molecule has 0 bridgehead atoms. The van der Waals surface area contributed by atoms with Gasteiger partial charge in [0.1, 0.15) is 5.82 Å². The molecule has 0 unspecified atom stereocenters. The van der Waals surface area contributed by atoms with Crippen LogP contribution in [0.4, 0.5) is 11.5 Å². The predicted octanol–water partition coefficient (Wildman–Crippen LogP) is 3.46. The van der Waals surface area contributed by atoms with Gasteiger partial charge in [0.25, 0.3) is 5.91 Å². The largest absolute Gasteiger partial charge is 0.384 e. The predicted molar refractivity (Wildman–Crippen MR) is 86.1 cm³/mol. The van der Waals surface area contributed by atoms with Gasteiger partial charge in [0, 0.05) is 30.4 Å². The minimum absolute atomic E-state index is 0.209. The lowest BCUT2D eigenvalue weighted by atomic mass is 10.1. The molecule has 6 heteroatoms. The number of carbonyl (C=O) groups excluding carboxylic acids is 1. The second-order valence-electron chi connectivity index (χ2n) is 4.87. The molecule has 2 N–H and O–H groups in total. The molecule has 0 aliphatic heterocycles. The maximum Gasteiger partial charge on any atom is 0.258 e. The molecule has 0 radical (unpaired) electrons. The normalized spacial score (nSPS) is 10.5. The standard InChI is InChI=1S/C15H19ClN4O/c1-4-7-17-13-6-5-11(16)9-12(13)15(21)18-14-8-10(2)19-20(14)3/h5-6,8-9,17H,4,7H2,1-3H3,(H,18,21). The Balaban J connectivity index is 2.25. The van der Waals surface area contributed by atoms with Crippen molar-refractivity contribution in [1.29, 1.82) is 0 Å². The molecule has 0 fully saturated rings. The maximum absolute atomic E-state index is 12.5. The van der Waals surface area contributed by atoms with Crippen LogP contribution in [0, 0.1) is 6.92 Å². The smallest absolute Gasteiger partial charge is 0.258 e. The van der Waals surface area contributed by atoms with Crippen LogP contribution in [0.15, 0.2) is 24.3 Å². The van der Waals surface area contributed by atoms with Crippen molar-refractivity contribution in [2.24, 2.45) is 7.05 Å². The van der Waals surface area contributed by atoms with E-state index < -0.39 is 0 Å². The summed E-state index contributed by atoms with van der Waals surface area (Å²) in [6.07, 6.45) is 0.977. The van der Waals surface area contributed by atoms with E-state index in [0.29, 0.717) is 16.4 Å². The summed E-state index contributed by atoms with van der Waals surface area (Å²) in [7, 11) is 1.79. The Morgan fingerprint density at radius 1 is 1.38 bits per heavy atom. The number of hydrogen-bond donors (Lipinski definition) is 2. The van der Waals surface area contributed by atoms with Crippen molar-refractivity contribution in [3.05, 3.63) is 40.5 Å². The molecular weight excluding hydrogens is 288 g/mol. The second kappa shape index (κ2) is 6.63. The van der Waals surface area contributed by atoms with Crippen molar-refractivity contribution in [3.8, 4) is 0 Å². The van der Waals surface area contributed by atoms with Crippen LogP contribution in [0.25, 0.3) is 0 Å². The summed E-state index contributed by atoms with van der Waals surface area (Å²) >= 11 is 6.01. The molecule has 0 aliphatic carbocycles. The monoisotopic (exact) mass is 306 g/mol. The fourth-order valence-corrected chi connectivity index (χ4v) is 2.20. The molecule has 0 aliphatic rings. The minimum atomic E-state index is -0.209. The SMILES string of the molecule is CCCNc1ccc(Cl)cc1C(=O)Nc1cc(C)nn1C. The lowest BCUT2D eigenvalue weighted by Gasteiger charge is -2.12. The highest BCUT2D eigenvalue weighted by Crippen LogP contribution is 2.22. The van der Waals surface area contributed by atoms with Gasteiger partial charge in [0.2, 0.25) is 0 Å². The average molecular weight is 307 g/mol. The first kappa shape index (κ1) is 15.4. The van der Waals surface area contributed by atoms with Gasteiger partial charge in [0.15, 0.2) is 0 Å². The third kappa shape index (κ3) is 3.76. The number of benzene rings is 1. The number of hydrogen-bond acceptors (Lipinski definition) is 3. The summed E-state index contributed by atoms with van der Waals surface area (Å²) < 4.78 is 1.64. The molecule has 0 spiro atoms. The zero-order valence-electron chi connectivity index (χ0n) is 12.4. The van der Waals surface area contributed by atoms with Crippen LogP contribution in [0.3, 0.4) is 0 Å². The molecular formula is C15H19ClN4O. The number of nitrogens with one attached hydrogen (secondary N) is 2. The minimum Gasteiger partial charge on any atom is -0.384 e. The zero-order valence-corrected chi connectivity index (χ0v) is 13.2. The first-order valence-corrected chi connectivity index (χ1v) is 7.24. The Kier molecular flexibility index (Phi) is 4.85.